The number of amides is 1. The van der Waals surface area contributed by atoms with Crippen molar-refractivity contribution in [1.82, 2.24) is 0 Å². The molecule has 0 aliphatic heterocycles. The topological polar surface area (TPSA) is 54.5 Å². The van der Waals surface area contributed by atoms with Crippen LogP contribution >= 0.6 is 0 Å². The van der Waals surface area contributed by atoms with Gasteiger partial charge in [-0.3, -0.25) is 14.4 Å². The maximum atomic E-state index is 12.9. The molecular formula is C20H17NO3. The normalized spacial score (nSPS) is 13.8. The Balaban J connectivity index is 2.03. The molecular weight excluding hydrogens is 302 g/mol. The second-order valence-corrected chi connectivity index (χ2v) is 5.90. The Bertz CT molecular complexity index is 891. The summed E-state index contributed by atoms with van der Waals surface area (Å²) in [5, 5.41) is 0. The average molecular weight is 319 g/mol. The van der Waals surface area contributed by atoms with Crippen LogP contribution in [0.25, 0.3) is 0 Å². The molecule has 4 nitrogen and oxygen atoms in total. The van der Waals surface area contributed by atoms with Crippen LogP contribution in [0.3, 0.4) is 0 Å². The first-order valence-corrected chi connectivity index (χ1v) is 7.66. The molecule has 0 spiro atoms. The van der Waals surface area contributed by atoms with Crippen molar-refractivity contribution in [2.75, 3.05) is 11.9 Å². The summed E-state index contributed by atoms with van der Waals surface area (Å²) in [4.78, 5) is 39.5. The lowest BCUT2D eigenvalue weighted by molar-refractivity contribution is -0.114. The SMILES string of the molecule is CC1=C(C(=O)N(C)c2ccc(C)cc2)C(=O)c2ccccc2C1=O. The zero-order valence-corrected chi connectivity index (χ0v) is 13.8. The van der Waals surface area contributed by atoms with Gasteiger partial charge in [-0.1, -0.05) is 42.0 Å². The molecule has 0 saturated carbocycles. The number of aryl methyl sites for hydroxylation is 1. The minimum absolute atomic E-state index is 0.0539. The van der Waals surface area contributed by atoms with E-state index in [1.54, 1.807) is 31.3 Å². The van der Waals surface area contributed by atoms with Gasteiger partial charge in [0.15, 0.2) is 11.6 Å². The van der Waals surface area contributed by atoms with Crippen LogP contribution in [-0.2, 0) is 4.79 Å². The highest BCUT2D eigenvalue weighted by Crippen LogP contribution is 2.28. The Morgan fingerprint density at radius 3 is 1.96 bits per heavy atom. The maximum absolute atomic E-state index is 12.9. The van der Waals surface area contributed by atoms with Crippen molar-refractivity contribution in [2.24, 2.45) is 0 Å². The van der Waals surface area contributed by atoms with Crippen LogP contribution in [0, 0.1) is 6.92 Å². The molecule has 120 valence electrons. The summed E-state index contributed by atoms with van der Waals surface area (Å²) in [7, 11) is 1.60. The molecule has 1 aliphatic rings. The predicted molar refractivity (Wildman–Crippen MR) is 92.4 cm³/mol. The number of hydrogen-bond donors (Lipinski definition) is 0. The van der Waals surface area contributed by atoms with E-state index in [2.05, 4.69) is 0 Å². The van der Waals surface area contributed by atoms with Crippen LogP contribution in [0.5, 0.6) is 0 Å². The predicted octanol–water partition coefficient (Wildman–Crippen LogP) is 3.35. The number of Topliss-reactive ketones (excluding diaryl/α,β-unsaturated/α-hetero) is 2. The molecule has 0 heterocycles. The lowest BCUT2D eigenvalue weighted by Gasteiger charge is -2.23. The quantitative estimate of drug-likeness (QED) is 0.798. The summed E-state index contributed by atoms with van der Waals surface area (Å²) in [5.41, 5.74) is 2.53. The monoisotopic (exact) mass is 319 g/mol. The smallest absolute Gasteiger partial charge is 0.262 e. The van der Waals surface area contributed by atoms with E-state index >= 15 is 0 Å². The van der Waals surface area contributed by atoms with Crippen molar-refractivity contribution >= 4 is 23.2 Å². The highest BCUT2D eigenvalue weighted by molar-refractivity contribution is 6.38. The minimum Gasteiger partial charge on any atom is -0.311 e. The van der Waals surface area contributed by atoms with Gasteiger partial charge in [-0.2, -0.15) is 0 Å². The largest absolute Gasteiger partial charge is 0.311 e. The second kappa shape index (κ2) is 5.89. The first kappa shape index (κ1) is 15.9. The number of rotatable bonds is 2. The molecule has 2 aromatic carbocycles. The van der Waals surface area contributed by atoms with E-state index in [-0.39, 0.29) is 22.5 Å². The number of ketones is 2. The highest BCUT2D eigenvalue weighted by atomic mass is 16.2. The number of carbonyl (C=O) groups is 3. The van der Waals surface area contributed by atoms with Gasteiger partial charge >= 0.3 is 0 Å². The Morgan fingerprint density at radius 2 is 1.38 bits per heavy atom. The van der Waals surface area contributed by atoms with Gasteiger partial charge in [0.1, 0.15) is 0 Å². The first-order valence-electron chi connectivity index (χ1n) is 7.66. The average Bonchev–Trinajstić information content (AvgIpc) is 2.60. The fourth-order valence-corrected chi connectivity index (χ4v) is 2.81. The second-order valence-electron chi connectivity index (χ2n) is 5.90. The van der Waals surface area contributed by atoms with Gasteiger partial charge in [-0.25, -0.2) is 0 Å². The zero-order valence-electron chi connectivity index (χ0n) is 13.8. The van der Waals surface area contributed by atoms with Crippen molar-refractivity contribution < 1.29 is 14.4 Å². The van der Waals surface area contributed by atoms with Gasteiger partial charge in [0, 0.05) is 29.4 Å². The van der Waals surface area contributed by atoms with Gasteiger partial charge in [0.25, 0.3) is 5.91 Å². The zero-order chi connectivity index (χ0) is 17.4. The standard InChI is InChI=1S/C20H17NO3/c1-12-8-10-14(11-9-12)21(3)20(24)17-13(2)18(22)15-6-4-5-7-16(15)19(17)23/h4-11H,1-3H3. The third kappa shape index (κ3) is 2.46. The fourth-order valence-electron chi connectivity index (χ4n) is 2.81. The number of hydrogen-bond acceptors (Lipinski definition) is 3. The van der Waals surface area contributed by atoms with E-state index in [0.29, 0.717) is 11.3 Å². The molecule has 0 bridgehead atoms. The molecule has 2 aromatic rings. The van der Waals surface area contributed by atoms with E-state index in [1.807, 2.05) is 31.2 Å². The number of likely N-dealkylation sites (N-methyl/N-ethyl adjacent to an activating group) is 1. The summed E-state index contributed by atoms with van der Waals surface area (Å²) >= 11 is 0. The molecule has 24 heavy (non-hydrogen) atoms. The van der Waals surface area contributed by atoms with Crippen LogP contribution in [0.4, 0.5) is 5.69 Å². The molecule has 0 aromatic heterocycles. The molecule has 1 amide bonds. The Kier molecular flexibility index (Phi) is 3.89. The van der Waals surface area contributed by atoms with E-state index in [1.165, 1.54) is 11.8 Å². The minimum atomic E-state index is -0.468. The van der Waals surface area contributed by atoms with Crippen molar-refractivity contribution in [1.29, 1.82) is 0 Å². The maximum Gasteiger partial charge on any atom is 0.262 e. The molecule has 0 radical (unpaired) electrons. The fraction of sp³-hybridized carbons (Fsp3) is 0.150. The van der Waals surface area contributed by atoms with Gasteiger partial charge in [-0.15, -0.1) is 0 Å². The van der Waals surface area contributed by atoms with Gasteiger partial charge in [0.2, 0.25) is 0 Å². The molecule has 4 heteroatoms. The Labute approximate surface area is 140 Å². The molecule has 0 N–H and O–H groups in total. The summed E-state index contributed by atoms with van der Waals surface area (Å²) in [6, 6.07) is 14.0. The third-order valence-electron chi connectivity index (χ3n) is 4.30. The van der Waals surface area contributed by atoms with Crippen molar-refractivity contribution in [2.45, 2.75) is 13.8 Å². The molecule has 3 rings (SSSR count). The molecule has 0 saturated heterocycles. The third-order valence-corrected chi connectivity index (χ3v) is 4.30. The molecule has 0 atom stereocenters. The number of benzene rings is 2. The lowest BCUT2D eigenvalue weighted by Crippen LogP contribution is -2.35. The van der Waals surface area contributed by atoms with E-state index in [9.17, 15) is 14.4 Å². The van der Waals surface area contributed by atoms with Crippen LogP contribution in [0.15, 0.2) is 59.7 Å². The van der Waals surface area contributed by atoms with E-state index in [0.717, 1.165) is 5.56 Å². The summed E-state index contributed by atoms with van der Waals surface area (Å²) in [5.74, 6) is -1.14. The van der Waals surface area contributed by atoms with E-state index < -0.39 is 11.7 Å². The van der Waals surface area contributed by atoms with Gasteiger partial charge in [0.05, 0.1) is 5.57 Å². The number of anilines is 1. The number of allylic oxidation sites excluding steroid dienone is 1. The highest BCUT2D eigenvalue weighted by Gasteiger charge is 2.34. The molecule has 0 fully saturated rings. The molecule has 1 aliphatic carbocycles. The van der Waals surface area contributed by atoms with Crippen LogP contribution in [0.2, 0.25) is 0 Å². The van der Waals surface area contributed by atoms with Gasteiger partial charge < -0.3 is 4.90 Å². The number of carbonyl (C=O) groups excluding carboxylic acids is 3. The van der Waals surface area contributed by atoms with Crippen molar-refractivity contribution in [3.8, 4) is 0 Å². The van der Waals surface area contributed by atoms with Crippen LogP contribution in [-0.4, -0.2) is 24.5 Å². The summed E-state index contributed by atoms with van der Waals surface area (Å²) in [6.07, 6.45) is 0. The van der Waals surface area contributed by atoms with Crippen molar-refractivity contribution in [3.63, 3.8) is 0 Å². The summed E-state index contributed by atoms with van der Waals surface area (Å²) in [6.45, 7) is 3.49. The van der Waals surface area contributed by atoms with Gasteiger partial charge in [-0.05, 0) is 26.0 Å². The Hall–Kier alpha value is -3.01. The van der Waals surface area contributed by atoms with E-state index in [4.69, 9.17) is 0 Å². The number of nitrogens with zero attached hydrogens (tertiary/aromatic N) is 1. The molecule has 0 unspecified atom stereocenters. The lowest BCUT2D eigenvalue weighted by atomic mass is 9.84. The van der Waals surface area contributed by atoms with Crippen LogP contribution in [0.1, 0.15) is 33.2 Å². The summed E-state index contributed by atoms with van der Waals surface area (Å²) < 4.78 is 0. The van der Waals surface area contributed by atoms with Crippen molar-refractivity contribution in [3.05, 3.63) is 76.4 Å². The van der Waals surface area contributed by atoms with Crippen LogP contribution < -0.4 is 4.90 Å². The first-order chi connectivity index (χ1) is 11.4. The number of fused-ring (bicyclic) bond motifs is 1. The Morgan fingerprint density at radius 1 is 0.833 bits per heavy atom.